The van der Waals surface area contributed by atoms with Crippen molar-refractivity contribution in [2.75, 3.05) is 32.7 Å². The van der Waals surface area contributed by atoms with Gasteiger partial charge in [-0.15, -0.1) is 0 Å². The summed E-state index contributed by atoms with van der Waals surface area (Å²) in [6.45, 7) is 5.87. The summed E-state index contributed by atoms with van der Waals surface area (Å²) in [5, 5.41) is 4.48. The highest BCUT2D eigenvalue weighted by Crippen LogP contribution is 2.26. The number of hydrogen-bond acceptors (Lipinski definition) is 4. The lowest BCUT2D eigenvalue weighted by Gasteiger charge is -2.35. The molecular formula is C21H23ClFN3O. The number of benzene rings is 2. The Morgan fingerprint density at radius 1 is 1.00 bits per heavy atom. The van der Waals surface area contributed by atoms with Gasteiger partial charge in [0.25, 0.3) is 0 Å². The summed E-state index contributed by atoms with van der Waals surface area (Å²) in [5.41, 5.74) is 2.32. The fourth-order valence-corrected chi connectivity index (χ4v) is 3.98. The van der Waals surface area contributed by atoms with E-state index in [1.165, 1.54) is 11.6 Å². The van der Waals surface area contributed by atoms with Crippen LogP contribution < -0.4 is 0 Å². The van der Waals surface area contributed by atoms with E-state index >= 15 is 0 Å². The van der Waals surface area contributed by atoms with Gasteiger partial charge in [-0.25, -0.2) is 4.39 Å². The minimum absolute atomic E-state index is 0.0450. The molecule has 0 saturated carbocycles. The van der Waals surface area contributed by atoms with Crippen LogP contribution in [0, 0.1) is 5.82 Å². The third kappa shape index (κ3) is 4.49. The fourth-order valence-electron chi connectivity index (χ4n) is 3.71. The Balaban J connectivity index is 1.26. The first-order chi connectivity index (χ1) is 13.2. The maximum absolute atomic E-state index is 14.1. The summed E-state index contributed by atoms with van der Waals surface area (Å²) in [4.78, 5) is 10.4. The summed E-state index contributed by atoms with van der Waals surface area (Å²) >= 11 is 6.14. The van der Waals surface area contributed by atoms with Gasteiger partial charge in [-0.3, -0.25) is 9.80 Å². The Morgan fingerprint density at radius 3 is 2.48 bits per heavy atom. The highest BCUT2D eigenvalue weighted by Gasteiger charge is 2.28. The minimum atomic E-state index is -0.347. The summed E-state index contributed by atoms with van der Waals surface area (Å²) in [6, 6.07) is 15.3. The van der Waals surface area contributed by atoms with Crippen molar-refractivity contribution in [3.8, 4) is 0 Å². The van der Waals surface area contributed by atoms with Gasteiger partial charge < -0.3 is 4.84 Å². The van der Waals surface area contributed by atoms with Crippen LogP contribution >= 0.6 is 11.6 Å². The summed E-state index contributed by atoms with van der Waals surface area (Å²) in [7, 11) is 0. The Hall–Kier alpha value is -1.95. The smallest absolute Gasteiger partial charge is 0.145 e. The molecule has 0 bridgehead atoms. The summed E-state index contributed by atoms with van der Waals surface area (Å²) < 4.78 is 14.1. The van der Waals surface area contributed by atoms with E-state index in [0.717, 1.165) is 39.3 Å². The topological polar surface area (TPSA) is 28.1 Å². The average Bonchev–Trinajstić information content (AvgIpc) is 3.12. The molecule has 4 nitrogen and oxygen atoms in total. The molecule has 2 aromatic rings. The molecule has 0 N–H and O–H groups in total. The van der Waals surface area contributed by atoms with E-state index in [2.05, 4.69) is 39.2 Å². The van der Waals surface area contributed by atoms with Crippen molar-refractivity contribution in [1.82, 2.24) is 9.80 Å². The van der Waals surface area contributed by atoms with Crippen molar-refractivity contribution >= 4 is 17.3 Å². The van der Waals surface area contributed by atoms with Crippen LogP contribution in [0.5, 0.6) is 0 Å². The zero-order chi connectivity index (χ0) is 18.6. The monoisotopic (exact) mass is 387 g/mol. The fraction of sp³-hybridized carbons (Fsp3) is 0.381. The largest absolute Gasteiger partial charge is 0.390 e. The molecule has 0 aromatic heterocycles. The van der Waals surface area contributed by atoms with Gasteiger partial charge in [0.2, 0.25) is 0 Å². The van der Waals surface area contributed by atoms with Crippen molar-refractivity contribution in [1.29, 1.82) is 0 Å². The zero-order valence-corrected chi connectivity index (χ0v) is 15.9. The predicted molar refractivity (Wildman–Crippen MR) is 106 cm³/mol. The van der Waals surface area contributed by atoms with Gasteiger partial charge in [-0.2, -0.15) is 0 Å². The molecule has 1 unspecified atom stereocenters. The lowest BCUT2D eigenvalue weighted by molar-refractivity contribution is 0.0338. The molecule has 2 aromatic carbocycles. The number of rotatable bonds is 5. The highest BCUT2D eigenvalue weighted by molar-refractivity contribution is 6.34. The Morgan fingerprint density at radius 2 is 1.74 bits per heavy atom. The van der Waals surface area contributed by atoms with Crippen molar-refractivity contribution in [2.45, 2.75) is 19.1 Å². The maximum atomic E-state index is 14.1. The average molecular weight is 388 g/mol. The molecule has 2 heterocycles. The molecule has 2 aliphatic rings. The van der Waals surface area contributed by atoms with Crippen molar-refractivity contribution in [2.24, 2.45) is 5.16 Å². The molecule has 142 valence electrons. The minimum Gasteiger partial charge on any atom is -0.390 e. The first-order valence-electron chi connectivity index (χ1n) is 9.35. The van der Waals surface area contributed by atoms with Crippen LogP contribution in [0.1, 0.15) is 17.5 Å². The first-order valence-corrected chi connectivity index (χ1v) is 9.72. The molecule has 1 atom stereocenters. The van der Waals surface area contributed by atoms with Gasteiger partial charge in [0.15, 0.2) is 0 Å². The van der Waals surface area contributed by atoms with E-state index in [0.29, 0.717) is 22.7 Å². The van der Waals surface area contributed by atoms with Crippen LogP contribution in [0.2, 0.25) is 5.02 Å². The normalized spacial score (nSPS) is 21.1. The van der Waals surface area contributed by atoms with Crippen LogP contribution in [0.25, 0.3) is 0 Å². The quantitative estimate of drug-likeness (QED) is 0.781. The van der Waals surface area contributed by atoms with Crippen molar-refractivity contribution in [3.63, 3.8) is 0 Å². The molecule has 1 fully saturated rings. The summed E-state index contributed by atoms with van der Waals surface area (Å²) in [6.07, 6.45) is 0.543. The maximum Gasteiger partial charge on any atom is 0.145 e. The van der Waals surface area contributed by atoms with Crippen LogP contribution in [0.15, 0.2) is 53.7 Å². The Bertz CT molecular complexity index is 786. The second kappa shape index (κ2) is 8.38. The zero-order valence-electron chi connectivity index (χ0n) is 15.2. The van der Waals surface area contributed by atoms with E-state index < -0.39 is 0 Å². The van der Waals surface area contributed by atoms with Crippen molar-refractivity contribution < 1.29 is 9.23 Å². The standard InChI is InChI=1S/C21H23ClFN3O/c22-18-7-4-8-19(23)21(18)20-13-17(27-24-20)15-26-11-9-25(10-12-26)14-16-5-2-1-3-6-16/h1-8,17H,9-15H2. The molecular weight excluding hydrogens is 365 g/mol. The third-order valence-electron chi connectivity index (χ3n) is 5.16. The molecule has 2 aliphatic heterocycles. The molecule has 0 amide bonds. The molecule has 4 rings (SSSR count). The molecule has 6 heteroatoms. The Kier molecular flexibility index (Phi) is 5.72. The molecule has 27 heavy (non-hydrogen) atoms. The van der Waals surface area contributed by atoms with Crippen LogP contribution in [-0.2, 0) is 11.4 Å². The van der Waals surface area contributed by atoms with Crippen molar-refractivity contribution in [3.05, 3.63) is 70.5 Å². The van der Waals surface area contributed by atoms with E-state index in [1.807, 2.05) is 6.07 Å². The van der Waals surface area contributed by atoms with Crippen LogP contribution in [0.3, 0.4) is 0 Å². The third-order valence-corrected chi connectivity index (χ3v) is 5.48. The van der Waals surface area contributed by atoms with Gasteiger partial charge >= 0.3 is 0 Å². The number of hydrogen-bond donors (Lipinski definition) is 0. The second-order valence-electron chi connectivity index (χ2n) is 7.13. The van der Waals surface area contributed by atoms with E-state index in [4.69, 9.17) is 16.4 Å². The first kappa shape index (κ1) is 18.4. The molecule has 0 aliphatic carbocycles. The van der Waals surface area contributed by atoms with Gasteiger partial charge in [0.05, 0.1) is 16.3 Å². The lowest BCUT2D eigenvalue weighted by Crippen LogP contribution is -2.48. The predicted octanol–water partition coefficient (Wildman–Crippen LogP) is 3.79. The highest BCUT2D eigenvalue weighted by atomic mass is 35.5. The molecule has 0 spiro atoms. The lowest BCUT2D eigenvalue weighted by atomic mass is 10.0. The number of halogens is 2. The second-order valence-corrected chi connectivity index (χ2v) is 7.54. The molecule has 0 radical (unpaired) electrons. The van der Waals surface area contributed by atoms with Gasteiger partial charge in [0, 0.05) is 45.7 Å². The number of nitrogens with zero attached hydrogens (tertiary/aromatic N) is 3. The van der Waals surface area contributed by atoms with Crippen LogP contribution in [0.4, 0.5) is 4.39 Å². The van der Waals surface area contributed by atoms with Gasteiger partial charge in [0.1, 0.15) is 11.9 Å². The van der Waals surface area contributed by atoms with Gasteiger partial charge in [-0.05, 0) is 17.7 Å². The number of oxime groups is 1. The Labute approximate surface area is 164 Å². The molecule has 1 saturated heterocycles. The van der Waals surface area contributed by atoms with E-state index in [1.54, 1.807) is 12.1 Å². The number of piperazine rings is 1. The SMILES string of the molecule is Fc1cccc(Cl)c1C1=NOC(CN2CCN(Cc3ccccc3)CC2)C1. The van der Waals surface area contributed by atoms with Gasteiger partial charge in [-0.1, -0.05) is 53.2 Å². The summed E-state index contributed by atoms with van der Waals surface area (Å²) in [5.74, 6) is -0.347. The van der Waals surface area contributed by atoms with E-state index in [9.17, 15) is 4.39 Å². The van der Waals surface area contributed by atoms with Crippen LogP contribution in [-0.4, -0.2) is 54.3 Å². The van der Waals surface area contributed by atoms with E-state index in [-0.39, 0.29) is 11.9 Å².